The average Bonchev–Trinajstić information content (AvgIpc) is 2.98. The van der Waals surface area contributed by atoms with Crippen molar-refractivity contribution in [3.05, 3.63) is 47.0 Å². The number of halogens is 3. The number of aromatic nitrogens is 2. The predicted octanol–water partition coefficient (Wildman–Crippen LogP) is 3.48. The number of carbonyl (C=O) groups excluding carboxylic acids is 1. The Labute approximate surface area is 126 Å². The highest BCUT2D eigenvalue weighted by Crippen LogP contribution is 2.36. The molecule has 8 heteroatoms. The molecule has 3 aromatic rings. The van der Waals surface area contributed by atoms with Crippen LogP contribution in [-0.4, -0.2) is 15.9 Å². The average molecular weight is 323 g/mol. The van der Waals surface area contributed by atoms with E-state index in [9.17, 15) is 18.0 Å². The fourth-order valence-corrected chi connectivity index (χ4v) is 2.76. The highest BCUT2D eigenvalue weighted by molar-refractivity contribution is 7.13. The number of hydrogen-bond acceptors (Lipinski definition) is 4. The number of para-hydroxylation sites is 1. The highest BCUT2D eigenvalue weighted by atomic mass is 32.1. The van der Waals surface area contributed by atoms with Crippen molar-refractivity contribution in [2.75, 3.05) is 0 Å². The molecule has 0 atom stereocenters. The number of nitrogens with zero attached hydrogens (tertiary/aromatic N) is 2. The van der Waals surface area contributed by atoms with Crippen LogP contribution in [0.3, 0.4) is 0 Å². The third-order valence-corrected chi connectivity index (χ3v) is 3.83. The molecule has 0 aliphatic rings. The first-order valence-corrected chi connectivity index (χ1v) is 6.96. The lowest BCUT2D eigenvalue weighted by molar-refractivity contribution is -0.136. The van der Waals surface area contributed by atoms with Gasteiger partial charge in [-0.1, -0.05) is 12.1 Å². The first-order valence-electron chi connectivity index (χ1n) is 6.08. The lowest BCUT2D eigenvalue weighted by Crippen LogP contribution is -2.14. The van der Waals surface area contributed by atoms with E-state index in [4.69, 9.17) is 5.73 Å². The number of benzene rings is 1. The minimum atomic E-state index is -4.54. The molecule has 2 heterocycles. The van der Waals surface area contributed by atoms with Gasteiger partial charge >= 0.3 is 6.18 Å². The zero-order valence-electron chi connectivity index (χ0n) is 10.9. The predicted molar refractivity (Wildman–Crippen MR) is 76.4 cm³/mol. The smallest absolute Gasteiger partial charge is 0.366 e. The van der Waals surface area contributed by atoms with E-state index >= 15 is 0 Å². The molecule has 2 aromatic heterocycles. The van der Waals surface area contributed by atoms with E-state index in [-0.39, 0.29) is 22.2 Å². The maximum absolute atomic E-state index is 13.1. The largest absolute Gasteiger partial charge is 0.418 e. The molecule has 0 saturated heterocycles. The highest BCUT2D eigenvalue weighted by Gasteiger charge is 2.33. The number of pyridine rings is 1. The first-order chi connectivity index (χ1) is 10.4. The van der Waals surface area contributed by atoms with Gasteiger partial charge in [0.05, 0.1) is 16.6 Å². The lowest BCUT2D eigenvalue weighted by atomic mass is 10.0. The summed E-state index contributed by atoms with van der Waals surface area (Å²) in [6, 6.07) is 4.98. The number of primary amides is 1. The molecule has 0 aliphatic carbocycles. The number of amides is 1. The van der Waals surface area contributed by atoms with Crippen molar-refractivity contribution in [1.82, 2.24) is 9.97 Å². The van der Waals surface area contributed by atoms with Crippen LogP contribution in [0, 0.1) is 0 Å². The molecule has 1 aromatic carbocycles. The van der Waals surface area contributed by atoms with E-state index in [0.717, 1.165) is 6.07 Å². The SMILES string of the molecule is NC(=O)c1cc2cccc(C(F)(F)F)c2nc1-c1nccs1. The number of hydrogen-bond donors (Lipinski definition) is 1. The summed E-state index contributed by atoms with van der Waals surface area (Å²) in [5.74, 6) is -0.767. The Bertz CT molecular complexity index is 860. The van der Waals surface area contributed by atoms with Gasteiger partial charge in [0.2, 0.25) is 0 Å². The molecule has 3 rings (SSSR count). The van der Waals surface area contributed by atoms with Crippen molar-refractivity contribution in [3.63, 3.8) is 0 Å². The van der Waals surface area contributed by atoms with Crippen LogP contribution in [0.2, 0.25) is 0 Å². The van der Waals surface area contributed by atoms with Gasteiger partial charge in [-0.15, -0.1) is 11.3 Å². The fraction of sp³-hybridized carbons (Fsp3) is 0.0714. The van der Waals surface area contributed by atoms with Crippen molar-refractivity contribution in [1.29, 1.82) is 0 Å². The van der Waals surface area contributed by atoms with Crippen LogP contribution in [0.5, 0.6) is 0 Å². The van der Waals surface area contributed by atoms with Crippen molar-refractivity contribution in [3.8, 4) is 10.7 Å². The van der Waals surface area contributed by atoms with Gasteiger partial charge in [0, 0.05) is 17.0 Å². The zero-order valence-corrected chi connectivity index (χ0v) is 11.7. The second-order valence-electron chi connectivity index (χ2n) is 4.46. The van der Waals surface area contributed by atoms with Crippen molar-refractivity contribution in [2.45, 2.75) is 6.18 Å². The Balaban J connectivity index is 2.38. The van der Waals surface area contributed by atoms with Gasteiger partial charge in [-0.05, 0) is 12.1 Å². The lowest BCUT2D eigenvalue weighted by Gasteiger charge is -2.12. The van der Waals surface area contributed by atoms with Crippen LogP contribution < -0.4 is 5.73 Å². The van der Waals surface area contributed by atoms with Gasteiger partial charge in [0.1, 0.15) is 10.7 Å². The molecule has 112 valence electrons. The van der Waals surface area contributed by atoms with Gasteiger partial charge in [-0.25, -0.2) is 9.97 Å². The molecule has 1 amide bonds. The molecule has 0 bridgehead atoms. The zero-order chi connectivity index (χ0) is 15.9. The summed E-state index contributed by atoms with van der Waals surface area (Å²) < 4.78 is 39.3. The summed E-state index contributed by atoms with van der Waals surface area (Å²) in [6.45, 7) is 0. The number of alkyl halides is 3. The summed E-state index contributed by atoms with van der Waals surface area (Å²) in [5.41, 5.74) is 4.32. The molecule has 4 nitrogen and oxygen atoms in total. The van der Waals surface area contributed by atoms with Crippen molar-refractivity contribution < 1.29 is 18.0 Å². The van der Waals surface area contributed by atoms with Gasteiger partial charge in [0.25, 0.3) is 5.91 Å². The second-order valence-corrected chi connectivity index (χ2v) is 5.36. The molecule has 0 aliphatic heterocycles. The monoisotopic (exact) mass is 323 g/mol. The fourth-order valence-electron chi connectivity index (χ4n) is 2.12. The van der Waals surface area contributed by atoms with E-state index in [1.54, 1.807) is 5.38 Å². The molecule has 22 heavy (non-hydrogen) atoms. The molecule has 0 spiro atoms. The molecule has 0 fully saturated rings. The minimum Gasteiger partial charge on any atom is -0.366 e. The summed E-state index contributed by atoms with van der Waals surface area (Å²) >= 11 is 1.17. The summed E-state index contributed by atoms with van der Waals surface area (Å²) in [5, 5.41) is 2.18. The summed E-state index contributed by atoms with van der Waals surface area (Å²) in [4.78, 5) is 19.6. The van der Waals surface area contributed by atoms with Gasteiger partial charge in [-0.2, -0.15) is 13.2 Å². The van der Waals surface area contributed by atoms with E-state index in [0.29, 0.717) is 5.01 Å². The molecule has 0 radical (unpaired) electrons. The van der Waals surface area contributed by atoms with Gasteiger partial charge < -0.3 is 5.73 Å². The molecule has 0 saturated carbocycles. The molecule has 0 unspecified atom stereocenters. The third-order valence-electron chi connectivity index (χ3n) is 3.05. The van der Waals surface area contributed by atoms with Crippen molar-refractivity contribution >= 4 is 28.1 Å². The first kappa shape index (κ1) is 14.5. The van der Waals surface area contributed by atoms with E-state index in [1.807, 2.05) is 0 Å². The Hall–Kier alpha value is -2.48. The summed E-state index contributed by atoms with van der Waals surface area (Å²) in [6.07, 6.45) is -3.06. The second kappa shape index (κ2) is 5.06. The standard InChI is InChI=1S/C14H8F3N3OS/c15-14(16,17)9-3-1-2-7-6-8(12(18)21)11(20-10(7)9)13-19-4-5-22-13/h1-6H,(H2,18,21). The van der Waals surface area contributed by atoms with Crippen LogP contribution >= 0.6 is 11.3 Å². The van der Waals surface area contributed by atoms with E-state index in [2.05, 4.69) is 9.97 Å². The normalized spacial score (nSPS) is 11.8. The van der Waals surface area contributed by atoms with Crippen LogP contribution in [-0.2, 0) is 6.18 Å². The Kier molecular flexibility index (Phi) is 3.32. The van der Waals surface area contributed by atoms with Gasteiger partial charge in [-0.3, -0.25) is 4.79 Å². The summed E-state index contributed by atoms with van der Waals surface area (Å²) in [7, 11) is 0. The number of rotatable bonds is 2. The molecule has 2 N–H and O–H groups in total. The van der Waals surface area contributed by atoms with E-state index in [1.165, 1.54) is 35.7 Å². The molecular formula is C14H8F3N3OS. The van der Waals surface area contributed by atoms with Crippen LogP contribution in [0.25, 0.3) is 21.6 Å². The van der Waals surface area contributed by atoms with Crippen molar-refractivity contribution in [2.24, 2.45) is 5.73 Å². The number of thiazole rings is 1. The number of fused-ring (bicyclic) bond motifs is 1. The Morgan fingerprint density at radius 3 is 2.64 bits per heavy atom. The third kappa shape index (κ3) is 2.41. The quantitative estimate of drug-likeness (QED) is 0.785. The molecular weight excluding hydrogens is 315 g/mol. The maximum Gasteiger partial charge on any atom is 0.418 e. The number of carbonyl (C=O) groups is 1. The minimum absolute atomic E-state index is 0.0433. The van der Waals surface area contributed by atoms with Crippen LogP contribution in [0.1, 0.15) is 15.9 Å². The maximum atomic E-state index is 13.1. The van der Waals surface area contributed by atoms with Crippen LogP contribution in [0.4, 0.5) is 13.2 Å². The topological polar surface area (TPSA) is 68.9 Å². The van der Waals surface area contributed by atoms with Crippen LogP contribution in [0.15, 0.2) is 35.8 Å². The van der Waals surface area contributed by atoms with Gasteiger partial charge in [0.15, 0.2) is 0 Å². The Morgan fingerprint density at radius 2 is 2.05 bits per heavy atom. The van der Waals surface area contributed by atoms with E-state index < -0.39 is 17.6 Å². The number of nitrogens with two attached hydrogens (primary N) is 1. The Morgan fingerprint density at radius 1 is 1.27 bits per heavy atom.